The van der Waals surface area contributed by atoms with Gasteiger partial charge in [0, 0.05) is 19.6 Å². The van der Waals surface area contributed by atoms with Crippen LogP contribution in [-0.4, -0.2) is 54.5 Å². The second kappa shape index (κ2) is 9.72. The van der Waals surface area contributed by atoms with Gasteiger partial charge in [0.1, 0.15) is 18.9 Å². The van der Waals surface area contributed by atoms with Crippen LogP contribution in [0.2, 0.25) is 0 Å². The minimum Gasteiger partial charge on any atom is -0.486 e. The zero-order valence-corrected chi connectivity index (χ0v) is 19.5. The highest BCUT2D eigenvalue weighted by molar-refractivity contribution is 7.19. The zero-order valence-electron chi connectivity index (χ0n) is 18.7. The second-order valence-electron chi connectivity index (χ2n) is 8.38. The number of nitrogens with zero attached hydrogens (tertiary/aromatic N) is 2. The van der Waals surface area contributed by atoms with E-state index < -0.39 is 0 Å². The van der Waals surface area contributed by atoms with Crippen molar-refractivity contribution in [3.8, 4) is 21.9 Å². The van der Waals surface area contributed by atoms with Gasteiger partial charge in [-0.3, -0.25) is 9.59 Å². The highest BCUT2D eigenvalue weighted by Gasteiger charge is 2.30. The molecule has 8 nitrogen and oxygen atoms in total. The number of ether oxygens (including phenoxy) is 2. The minimum atomic E-state index is -0.260. The number of nitrogens with one attached hydrogen (secondary N) is 1. The number of carbonyl (C=O) groups is 2. The van der Waals surface area contributed by atoms with Crippen LogP contribution < -0.4 is 20.5 Å². The summed E-state index contributed by atoms with van der Waals surface area (Å²) in [4.78, 5) is 33.3. The predicted molar refractivity (Wildman–Crippen MR) is 130 cm³/mol. The molecule has 1 saturated carbocycles. The third-order valence-electron chi connectivity index (χ3n) is 5.82. The van der Waals surface area contributed by atoms with Gasteiger partial charge in [0.25, 0.3) is 11.8 Å². The lowest BCUT2D eigenvalue weighted by molar-refractivity contribution is 0.0736. The molecule has 0 unspecified atom stereocenters. The summed E-state index contributed by atoms with van der Waals surface area (Å²) in [5.74, 6) is 1.09. The molecule has 0 spiro atoms. The number of aromatic nitrogens is 1. The standard InChI is InChI=1S/C25H26N4O4S/c26-25-28-20(22(34-25)17-5-2-1-3-6-17)24(31)29(15-16-9-10-16)12-11-27-23(30)18-7-4-8-19-21(18)33-14-13-32-19/h1-8,16H,9-15H2,(H2,26,28)(H,27,30). The number of nitrogen functional groups attached to an aromatic ring is 1. The van der Waals surface area contributed by atoms with Crippen LogP contribution in [-0.2, 0) is 0 Å². The first-order valence-electron chi connectivity index (χ1n) is 11.4. The van der Waals surface area contributed by atoms with Crippen molar-refractivity contribution in [2.24, 2.45) is 5.92 Å². The van der Waals surface area contributed by atoms with E-state index in [0.29, 0.717) is 66.7 Å². The molecule has 1 aliphatic carbocycles. The molecule has 1 fully saturated rings. The van der Waals surface area contributed by atoms with Gasteiger partial charge in [0.2, 0.25) is 0 Å². The van der Waals surface area contributed by atoms with E-state index >= 15 is 0 Å². The zero-order chi connectivity index (χ0) is 23.5. The number of carbonyl (C=O) groups excluding carboxylic acids is 2. The highest BCUT2D eigenvalue weighted by atomic mass is 32.1. The van der Waals surface area contributed by atoms with Gasteiger partial charge in [-0.2, -0.15) is 0 Å². The van der Waals surface area contributed by atoms with Crippen molar-refractivity contribution in [3.63, 3.8) is 0 Å². The lowest BCUT2D eigenvalue weighted by atomic mass is 10.1. The van der Waals surface area contributed by atoms with Crippen molar-refractivity contribution in [3.05, 3.63) is 59.8 Å². The average molecular weight is 479 g/mol. The van der Waals surface area contributed by atoms with Crippen molar-refractivity contribution in [1.82, 2.24) is 15.2 Å². The van der Waals surface area contributed by atoms with E-state index in [9.17, 15) is 9.59 Å². The Kier molecular flexibility index (Phi) is 6.35. The average Bonchev–Trinajstić information content (AvgIpc) is 3.61. The third kappa shape index (κ3) is 4.84. The monoisotopic (exact) mass is 478 g/mol. The van der Waals surface area contributed by atoms with Crippen LogP contribution in [0.25, 0.3) is 10.4 Å². The first-order valence-corrected chi connectivity index (χ1v) is 12.2. The van der Waals surface area contributed by atoms with E-state index in [1.807, 2.05) is 30.3 Å². The summed E-state index contributed by atoms with van der Waals surface area (Å²) < 4.78 is 11.2. The van der Waals surface area contributed by atoms with Gasteiger partial charge in [-0.15, -0.1) is 0 Å². The molecule has 0 radical (unpaired) electrons. The van der Waals surface area contributed by atoms with Gasteiger partial charge in [0.15, 0.2) is 16.6 Å². The third-order valence-corrected chi connectivity index (χ3v) is 6.76. The van der Waals surface area contributed by atoms with Crippen molar-refractivity contribution >= 4 is 28.3 Å². The first kappa shape index (κ1) is 22.2. The van der Waals surface area contributed by atoms with E-state index in [1.54, 1.807) is 23.1 Å². The molecule has 34 heavy (non-hydrogen) atoms. The van der Waals surface area contributed by atoms with Gasteiger partial charge in [-0.1, -0.05) is 47.7 Å². The van der Waals surface area contributed by atoms with Crippen molar-refractivity contribution in [2.75, 3.05) is 38.6 Å². The highest BCUT2D eigenvalue weighted by Crippen LogP contribution is 2.35. The van der Waals surface area contributed by atoms with Crippen LogP contribution >= 0.6 is 11.3 Å². The summed E-state index contributed by atoms with van der Waals surface area (Å²) >= 11 is 1.31. The van der Waals surface area contributed by atoms with Crippen LogP contribution in [0.3, 0.4) is 0 Å². The molecule has 2 heterocycles. The minimum absolute atomic E-state index is 0.165. The number of amides is 2. The SMILES string of the molecule is Nc1nc(C(=O)N(CCNC(=O)c2cccc3c2OCCO3)CC2CC2)c(-c2ccccc2)s1. The quantitative estimate of drug-likeness (QED) is 0.514. The number of thiazole rings is 1. The Morgan fingerprint density at radius 1 is 1.09 bits per heavy atom. The van der Waals surface area contributed by atoms with Crippen molar-refractivity contribution < 1.29 is 19.1 Å². The first-order chi connectivity index (χ1) is 16.6. The van der Waals surface area contributed by atoms with Gasteiger partial charge in [-0.25, -0.2) is 4.98 Å². The van der Waals surface area contributed by atoms with Gasteiger partial charge >= 0.3 is 0 Å². The molecular formula is C25H26N4O4S. The van der Waals surface area contributed by atoms with E-state index in [-0.39, 0.29) is 11.8 Å². The molecule has 1 aliphatic heterocycles. The number of anilines is 1. The maximum absolute atomic E-state index is 13.5. The number of benzene rings is 2. The van der Waals surface area contributed by atoms with Gasteiger partial charge in [-0.05, 0) is 36.5 Å². The van der Waals surface area contributed by atoms with E-state index in [2.05, 4.69) is 10.3 Å². The summed E-state index contributed by atoms with van der Waals surface area (Å²) in [6.45, 7) is 2.18. The molecule has 5 rings (SSSR count). The number of fused-ring (bicyclic) bond motifs is 1. The molecule has 1 aromatic heterocycles. The Hall–Kier alpha value is -3.59. The van der Waals surface area contributed by atoms with E-state index in [1.165, 1.54) is 11.3 Å². The molecule has 2 amide bonds. The summed E-state index contributed by atoms with van der Waals surface area (Å²) in [7, 11) is 0. The summed E-state index contributed by atoms with van der Waals surface area (Å²) in [5, 5.41) is 3.28. The predicted octanol–water partition coefficient (Wildman–Crippen LogP) is 3.45. The summed E-state index contributed by atoms with van der Waals surface area (Å²) in [5.41, 5.74) is 7.69. The molecular weight excluding hydrogens is 452 g/mol. The van der Waals surface area contributed by atoms with Crippen molar-refractivity contribution in [1.29, 1.82) is 0 Å². The number of rotatable bonds is 8. The smallest absolute Gasteiger partial charge is 0.274 e. The van der Waals surface area contributed by atoms with Crippen LogP contribution in [0.5, 0.6) is 11.5 Å². The molecule has 2 aliphatic rings. The molecule has 3 aromatic rings. The molecule has 0 bridgehead atoms. The Morgan fingerprint density at radius 2 is 1.88 bits per heavy atom. The number of nitrogens with two attached hydrogens (primary N) is 1. The summed E-state index contributed by atoms with van der Waals surface area (Å²) in [6, 6.07) is 14.9. The number of para-hydroxylation sites is 1. The summed E-state index contributed by atoms with van der Waals surface area (Å²) in [6.07, 6.45) is 2.21. The molecule has 3 N–H and O–H groups in total. The molecule has 176 valence electrons. The number of hydrogen-bond donors (Lipinski definition) is 2. The molecule has 9 heteroatoms. The Morgan fingerprint density at radius 3 is 2.68 bits per heavy atom. The van der Waals surface area contributed by atoms with Crippen LogP contribution in [0.4, 0.5) is 5.13 Å². The Balaban J connectivity index is 1.29. The van der Waals surface area contributed by atoms with Crippen LogP contribution in [0.15, 0.2) is 48.5 Å². The Bertz CT molecular complexity index is 1190. The maximum Gasteiger partial charge on any atom is 0.274 e. The lowest BCUT2D eigenvalue weighted by Crippen LogP contribution is -2.40. The van der Waals surface area contributed by atoms with Crippen LogP contribution in [0, 0.1) is 5.92 Å². The van der Waals surface area contributed by atoms with E-state index in [0.717, 1.165) is 23.3 Å². The molecule has 2 aromatic carbocycles. The van der Waals surface area contributed by atoms with Gasteiger partial charge in [0.05, 0.1) is 10.4 Å². The van der Waals surface area contributed by atoms with Gasteiger partial charge < -0.3 is 25.4 Å². The second-order valence-corrected chi connectivity index (χ2v) is 9.41. The topological polar surface area (TPSA) is 107 Å². The van der Waals surface area contributed by atoms with Crippen LogP contribution in [0.1, 0.15) is 33.7 Å². The Labute approximate surface area is 201 Å². The van der Waals surface area contributed by atoms with E-state index in [4.69, 9.17) is 15.2 Å². The fourth-order valence-electron chi connectivity index (χ4n) is 3.96. The maximum atomic E-state index is 13.5. The molecule has 0 saturated heterocycles. The lowest BCUT2D eigenvalue weighted by Gasteiger charge is -2.23. The fourth-order valence-corrected chi connectivity index (χ4v) is 4.79. The number of hydrogen-bond acceptors (Lipinski definition) is 7. The van der Waals surface area contributed by atoms with Crippen molar-refractivity contribution in [2.45, 2.75) is 12.8 Å². The fraction of sp³-hybridized carbons (Fsp3) is 0.320. The normalized spacial score (nSPS) is 14.5. The largest absolute Gasteiger partial charge is 0.486 e. The molecule has 0 atom stereocenters.